The minimum absolute atomic E-state index is 0.0359. The smallest absolute Gasteiger partial charge is 0.255 e. The van der Waals surface area contributed by atoms with Crippen molar-refractivity contribution in [2.75, 3.05) is 25.0 Å². The van der Waals surface area contributed by atoms with Crippen molar-refractivity contribution in [3.8, 4) is 11.1 Å². The Bertz CT molecular complexity index is 856. The summed E-state index contributed by atoms with van der Waals surface area (Å²) >= 11 is 0. The van der Waals surface area contributed by atoms with Crippen LogP contribution in [0.3, 0.4) is 0 Å². The van der Waals surface area contributed by atoms with E-state index in [1.54, 1.807) is 0 Å². The van der Waals surface area contributed by atoms with E-state index in [1.807, 2.05) is 65.4 Å². The first-order valence-corrected chi connectivity index (χ1v) is 10.2. The largest absolute Gasteiger partial charge is 0.326 e. The van der Waals surface area contributed by atoms with E-state index < -0.39 is 0 Å². The van der Waals surface area contributed by atoms with Crippen molar-refractivity contribution >= 4 is 17.5 Å². The molecule has 2 aliphatic heterocycles. The maximum atomic E-state index is 13.2. The van der Waals surface area contributed by atoms with Gasteiger partial charge in [0, 0.05) is 31.3 Å². The van der Waals surface area contributed by atoms with Gasteiger partial charge in [0.15, 0.2) is 0 Å². The molecule has 5 nitrogen and oxygen atoms in total. The summed E-state index contributed by atoms with van der Waals surface area (Å²) in [6.45, 7) is 1.74. The zero-order chi connectivity index (χ0) is 19.5. The first-order valence-electron chi connectivity index (χ1n) is 10.2. The average Bonchev–Trinajstić information content (AvgIpc) is 3.19. The molecule has 1 N–H and O–H groups in total. The fourth-order valence-corrected chi connectivity index (χ4v) is 4.16. The van der Waals surface area contributed by atoms with Gasteiger partial charge in [0.1, 0.15) is 0 Å². The fourth-order valence-electron chi connectivity index (χ4n) is 4.16. The fraction of sp³-hybridized carbons (Fsp3) is 0.391. The van der Waals surface area contributed by atoms with Crippen LogP contribution < -0.4 is 10.2 Å². The van der Waals surface area contributed by atoms with E-state index in [4.69, 9.17) is 0 Å². The number of rotatable bonds is 4. The average molecular weight is 377 g/mol. The molecule has 0 radical (unpaired) electrons. The molecule has 5 heteroatoms. The van der Waals surface area contributed by atoms with Gasteiger partial charge in [-0.05, 0) is 61.6 Å². The van der Waals surface area contributed by atoms with E-state index in [0.29, 0.717) is 12.0 Å². The molecule has 2 heterocycles. The van der Waals surface area contributed by atoms with Gasteiger partial charge in [-0.1, -0.05) is 30.3 Å². The molecule has 2 aromatic carbocycles. The molecule has 4 rings (SSSR count). The number of carbonyl (C=O) groups is 2. The van der Waals surface area contributed by atoms with Crippen LogP contribution in [-0.4, -0.2) is 43.0 Å². The first-order chi connectivity index (χ1) is 13.6. The van der Waals surface area contributed by atoms with Gasteiger partial charge in [0.25, 0.3) is 5.91 Å². The number of benzene rings is 2. The van der Waals surface area contributed by atoms with Gasteiger partial charge in [-0.15, -0.1) is 0 Å². The van der Waals surface area contributed by atoms with Crippen LogP contribution in [-0.2, 0) is 4.79 Å². The molecule has 0 bridgehead atoms. The molecule has 0 saturated carbocycles. The van der Waals surface area contributed by atoms with Gasteiger partial charge in [0.05, 0.1) is 6.17 Å². The molecule has 2 amide bonds. The van der Waals surface area contributed by atoms with Gasteiger partial charge >= 0.3 is 0 Å². The molecule has 2 saturated heterocycles. The van der Waals surface area contributed by atoms with E-state index in [2.05, 4.69) is 5.32 Å². The summed E-state index contributed by atoms with van der Waals surface area (Å²) in [5.41, 5.74) is 3.56. The quantitative estimate of drug-likeness (QED) is 0.885. The summed E-state index contributed by atoms with van der Waals surface area (Å²) in [6.07, 6.45) is 4.94. The zero-order valence-corrected chi connectivity index (χ0v) is 16.4. The van der Waals surface area contributed by atoms with Gasteiger partial charge in [-0.25, -0.2) is 0 Å². The number of anilines is 1. The van der Waals surface area contributed by atoms with Gasteiger partial charge in [-0.3, -0.25) is 14.9 Å². The topological polar surface area (TPSA) is 52.7 Å². The third-order valence-corrected chi connectivity index (χ3v) is 5.79. The van der Waals surface area contributed by atoms with Crippen LogP contribution >= 0.6 is 0 Å². The molecule has 1 atom stereocenters. The van der Waals surface area contributed by atoms with Crippen molar-refractivity contribution in [1.82, 2.24) is 10.2 Å². The van der Waals surface area contributed by atoms with E-state index >= 15 is 0 Å². The second-order valence-electron chi connectivity index (χ2n) is 7.62. The maximum absolute atomic E-state index is 13.2. The zero-order valence-electron chi connectivity index (χ0n) is 16.4. The number of hydrogen-bond acceptors (Lipinski definition) is 3. The summed E-state index contributed by atoms with van der Waals surface area (Å²) < 4.78 is 0. The Morgan fingerprint density at radius 2 is 1.86 bits per heavy atom. The second kappa shape index (κ2) is 8.15. The molecular weight excluding hydrogens is 350 g/mol. The van der Waals surface area contributed by atoms with Crippen LogP contribution in [0.5, 0.6) is 0 Å². The number of nitrogens with one attached hydrogen (secondary N) is 1. The Hall–Kier alpha value is -2.66. The van der Waals surface area contributed by atoms with Gasteiger partial charge in [0.2, 0.25) is 5.91 Å². The van der Waals surface area contributed by atoms with Crippen molar-refractivity contribution in [1.29, 1.82) is 0 Å². The van der Waals surface area contributed by atoms with Crippen LogP contribution in [0.1, 0.15) is 42.5 Å². The predicted octanol–water partition coefficient (Wildman–Crippen LogP) is 3.65. The SMILES string of the molecule is CN(C(=O)c1ccccc1-c1ccc(N2CCCC2=O)cc1)C1CCCCN1. The lowest BCUT2D eigenvalue weighted by molar-refractivity contribution is -0.117. The van der Waals surface area contributed by atoms with Crippen molar-refractivity contribution in [3.63, 3.8) is 0 Å². The minimum atomic E-state index is 0.0359. The summed E-state index contributed by atoms with van der Waals surface area (Å²) in [6, 6.07) is 15.7. The van der Waals surface area contributed by atoms with Crippen LogP contribution in [0.2, 0.25) is 0 Å². The molecule has 2 fully saturated rings. The number of piperidine rings is 1. The third kappa shape index (κ3) is 3.67. The highest BCUT2D eigenvalue weighted by Gasteiger charge is 2.25. The van der Waals surface area contributed by atoms with Crippen molar-refractivity contribution in [3.05, 3.63) is 54.1 Å². The monoisotopic (exact) mass is 377 g/mol. The highest BCUT2D eigenvalue weighted by atomic mass is 16.2. The maximum Gasteiger partial charge on any atom is 0.255 e. The molecule has 2 aliphatic rings. The molecule has 146 valence electrons. The van der Waals surface area contributed by atoms with Crippen molar-refractivity contribution < 1.29 is 9.59 Å². The molecule has 28 heavy (non-hydrogen) atoms. The highest BCUT2D eigenvalue weighted by Crippen LogP contribution is 2.29. The normalized spacial score (nSPS) is 19.7. The summed E-state index contributed by atoms with van der Waals surface area (Å²) in [4.78, 5) is 28.8. The lowest BCUT2D eigenvalue weighted by atomic mass is 9.98. The molecule has 2 aromatic rings. The summed E-state index contributed by atoms with van der Waals surface area (Å²) in [7, 11) is 1.88. The third-order valence-electron chi connectivity index (χ3n) is 5.79. The van der Waals surface area contributed by atoms with E-state index in [9.17, 15) is 9.59 Å². The number of hydrogen-bond donors (Lipinski definition) is 1. The Kier molecular flexibility index (Phi) is 5.44. The van der Waals surface area contributed by atoms with Crippen LogP contribution in [0.15, 0.2) is 48.5 Å². The van der Waals surface area contributed by atoms with Gasteiger partial charge < -0.3 is 9.80 Å². The van der Waals surface area contributed by atoms with Crippen LogP contribution in [0.4, 0.5) is 5.69 Å². The van der Waals surface area contributed by atoms with E-state index in [1.165, 1.54) is 6.42 Å². The van der Waals surface area contributed by atoms with Crippen LogP contribution in [0, 0.1) is 0 Å². The van der Waals surface area contributed by atoms with Gasteiger partial charge in [-0.2, -0.15) is 0 Å². The van der Waals surface area contributed by atoms with E-state index in [-0.39, 0.29) is 18.0 Å². The number of carbonyl (C=O) groups excluding carboxylic acids is 2. The minimum Gasteiger partial charge on any atom is -0.326 e. The lowest BCUT2D eigenvalue weighted by Crippen LogP contribution is -2.48. The lowest BCUT2D eigenvalue weighted by Gasteiger charge is -2.32. The molecule has 1 unspecified atom stereocenters. The Morgan fingerprint density at radius 3 is 2.54 bits per heavy atom. The summed E-state index contributed by atoms with van der Waals surface area (Å²) in [5, 5.41) is 3.44. The van der Waals surface area contributed by atoms with Crippen molar-refractivity contribution in [2.24, 2.45) is 0 Å². The molecule has 0 aliphatic carbocycles. The molecule has 0 aromatic heterocycles. The Morgan fingerprint density at radius 1 is 1.07 bits per heavy atom. The first kappa shape index (κ1) is 18.7. The number of amides is 2. The molecular formula is C23H27N3O2. The van der Waals surface area contributed by atoms with Crippen molar-refractivity contribution in [2.45, 2.75) is 38.3 Å². The standard InChI is InChI=1S/C23H27N3O2/c1-25(21-9-4-5-15-24-21)23(28)20-8-3-2-7-19(20)17-11-13-18(14-12-17)26-16-6-10-22(26)27/h2-3,7-8,11-14,21,24H,4-6,9-10,15-16H2,1H3. The number of nitrogens with zero attached hydrogens (tertiary/aromatic N) is 2. The predicted molar refractivity (Wildman–Crippen MR) is 111 cm³/mol. The second-order valence-corrected chi connectivity index (χ2v) is 7.62. The Labute approximate surface area is 166 Å². The van der Waals surface area contributed by atoms with E-state index in [0.717, 1.165) is 49.2 Å². The summed E-state index contributed by atoms with van der Waals surface area (Å²) in [5.74, 6) is 0.221. The Balaban J connectivity index is 1.59. The molecule has 0 spiro atoms. The van der Waals surface area contributed by atoms with Crippen LogP contribution in [0.25, 0.3) is 11.1 Å². The highest BCUT2D eigenvalue weighted by molar-refractivity contribution is 6.01.